The van der Waals surface area contributed by atoms with E-state index in [0.717, 1.165) is 17.0 Å². The zero-order valence-corrected chi connectivity index (χ0v) is 31.7. The molecule has 5 rings (SSSR count). The van der Waals surface area contributed by atoms with Crippen molar-refractivity contribution in [3.05, 3.63) is 81.7 Å². The Morgan fingerprint density at radius 1 is 1.17 bits per heavy atom. The van der Waals surface area contributed by atoms with Gasteiger partial charge in [-0.1, -0.05) is 93.1 Å². The van der Waals surface area contributed by atoms with Gasteiger partial charge < -0.3 is 26.3 Å². The molecule has 0 radical (unpaired) electrons. The van der Waals surface area contributed by atoms with Crippen LogP contribution in [0.3, 0.4) is 0 Å². The van der Waals surface area contributed by atoms with E-state index in [4.69, 9.17) is 26.8 Å². The second-order valence-corrected chi connectivity index (χ2v) is 12.6. The van der Waals surface area contributed by atoms with E-state index in [9.17, 15) is 18.0 Å². The molecule has 3 atom stereocenters. The van der Waals surface area contributed by atoms with E-state index in [2.05, 4.69) is 18.4 Å². The van der Waals surface area contributed by atoms with Gasteiger partial charge in [0, 0.05) is 36.3 Å². The Bertz CT molecular complexity index is 1330. The molecule has 48 heavy (non-hydrogen) atoms. The molecule has 1 amide bonds. The molecule has 1 fully saturated rings. The molecule has 7 N–H and O–H groups in total. The quantitative estimate of drug-likeness (QED) is 0.184. The first-order chi connectivity index (χ1) is 22.9. The van der Waals surface area contributed by atoms with Gasteiger partial charge in [-0.25, -0.2) is 17.6 Å². The Labute approximate surface area is 298 Å². The fourth-order valence-electron chi connectivity index (χ4n) is 5.37. The summed E-state index contributed by atoms with van der Waals surface area (Å²) in [5, 5.41) is 1.75. The van der Waals surface area contributed by atoms with Gasteiger partial charge >= 0.3 is 29.6 Å². The molecule has 7 nitrogen and oxygen atoms in total. The van der Waals surface area contributed by atoms with E-state index in [1.54, 1.807) is 23.6 Å². The van der Waals surface area contributed by atoms with Crippen LogP contribution in [0.1, 0.15) is 68.7 Å². The number of rotatable bonds is 7. The number of nitrogens with two attached hydrogens (primary N) is 3. The van der Waals surface area contributed by atoms with Crippen LogP contribution in [0.25, 0.3) is 5.57 Å². The van der Waals surface area contributed by atoms with Gasteiger partial charge in [0.2, 0.25) is 6.41 Å². The monoisotopic (exact) mass is 868 g/mol. The number of hydrogen-bond donors (Lipinski definition) is 4. The van der Waals surface area contributed by atoms with Crippen molar-refractivity contribution < 1.29 is 51.2 Å². The van der Waals surface area contributed by atoms with Crippen molar-refractivity contribution in [3.63, 3.8) is 0 Å². The van der Waals surface area contributed by atoms with Gasteiger partial charge in [0.15, 0.2) is 6.17 Å². The molecule has 13 heteroatoms. The van der Waals surface area contributed by atoms with Crippen molar-refractivity contribution in [3.8, 4) is 5.75 Å². The number of allylic oxidation sites excluding steroid dienone is 2. The Hall–Kier alpha value is -2.40. The molecule has 2 aromatic rings. The van der Waals surface area contributed by atoms with E-state index >= 15 is 4.39 Å². The molecule has 0 spiro atoms. The molecule has 3 aliphatic rings. The van der Waals surface area contributed by atoms with Crippen molar-refractivity contribution in [2.75, 3.05) is 27.2 Å². The minimum atomic E-state index is -2.97. The third-order valence-electron chi connectivity index (χ3n) is 7.82. The van der Waals surface area contributed by atoms with Crippen LogP contribution in [-0.2, 0) is 35.3 Å². The zero-order chi connectivity index (χ0) is 36.3. The number of halogens is 5. The van der Waals surface area contributed by atoms with E-state index < -0.39 is 37.1 Å². The Morgan fingerprint density at radius 2 is 1.77 bits per heavy atom. The number of ether oxygens (including phenoxy) is 2. The summed E-state index contributed by atoms with van der Waals surface area (Å²) in [6, 6.07) is 11.0. The fourth-order valence-corrected chi connectivity index (χ4v) is 5.64. The van der Waals surface area contributed by atoms with Crippen LogP contribution in [0.5, 0.6) is 5.75 Å². The Kier molecular flexibility index (Phi) is 21.0. The summed E-state index contributed by atoms with van der Waals surface area (Å²) in [6.45, 7) is 2.72. The summed E-state index contributed by atoms with van der Waals surface area (Å²) in [5.74, 6) is -2.14. The minimum absolute atomic E-state index is 0.0757. The van der Waals surface area contributed by atoms with E-state index in [1.807, 2.05) is 35.6 Å². The topological polar surface area (TPSA) is 126 Å². The zero-order valence-electron chi connectivity index (χ0n) is 28.0. The van der Waals surface area contributed by atoms with Crippen LogP contribution in [0, 0.1) is 11.7 Å². The number of carbonyl (C=O) groups excluding carboxylic acids is 1. The van der Waals surface area contributed by atoms with Gasteiger partial charge in [0.1, 0.15) is 23.8 Å². The predicted octanol–water partition coefficient (Wildman–Crippen LogP) is 6.59. The second-order valence-electron chi connectivity index (χ2n) is 11.2. The van der Waals surface area contributed by atoms with E-state index in [0.29, 0.717) is 28.9 Å². The van der Waals surface area contributed by atoms with Gasteiger partial charge in [-0.2, -0.15) is 0 Å². The van der Waals surface area contributed by atoms with Crippen LogP contribution < -0.4 is 27.3 Å². The average Bonchev–Trinajstić information content (AvgIpc) is 3.52. The van der Waals surface area contributed by atoms with Crippen molar-refractivity contribution in [2.24, 2.45) is 23.1 Å². The van der Waals surface area contributed by atoms with Gasteiger partial charge in [-0.3, -0.25) is 4.79 Å². The first-order valence-electron chi connectivity index (χ1n) is 15.7. The van der Waals surface area contributed by atoms with Gasteiger partial charge in [-0.15, -0.1) is 0 Å². The summed E-state index contributed by atoms with van der Waals surface area (Å²) in [6.07, 6.45) is 9.19. The number of benzene rings is 2. The molecular formula is C35H49ClF4N4O3W. The first-order valence-corrected chi connectivity index (χ1v) is 17.8. The van der Waals surface area contributed by atoms with Crippen molar-refractivity contribution in [1.82, 2.24) is 5.32 Å². The summed E-state index contributed by atoms with van der Waals surface area (Å²) in [7, 11) is 2.95. The normalized spacial score (nSPS) is 19.7. The van der Waals surface area contributed by atoms with E-state index in [1.165, 1.54) is 71.7 Å². The predicted molar refractivity (Wildman–Crippen MR) is 183 cm³/mol. The SMILES string of the molecule is CC1CCCCC1.CN.COC1C=CC(C)=C(c2c(Cl)c(F)cc3c2CC(c2ccccc2)O3)C1F.NCC(F)(F)CNC=O.N[CH]=[W]. The van der Waals surface area contributed by atoms with Gasteiger partial charge in [-0.05, 0) is 31.0 Å². The summed E-state index contributed by atoms with van der Waals surface area (Å²) >= 11 is 7.65. The molecular weight excluding hydrogens is 820 g/mol. The van der Waals surface area contributed by atoms with Crippen molar-refractivity contribution >= 4 is 28.1 Å². The summed E-state index contributed by atoms with van der Waals surface area (Å²) in [4.78, 5) is 9.48. The molecule has 3 unspecified atom stereocenters. The summed E-state index contributed by atoms with van der Waals surface area (Å²) in [5.41, 5.74) is 17.1. The molecule has 2 aromatic carbocycles. The molecule has 1 heterocycles. The average molecular weight is 869 g/mol. The third kappa shape index (κ3) is 13.5. The molecule has 0 aromatic heterocycles. The van der Waals surface area contributed by atoms with Gasteiger partial charge in [0.25, 0.3) is 5.92 Å². The van der Waals surface area contributed by atoms with Gasteiger partial charge in [0.05, 0.1) is 18.1 Å². The number of nitrogens with one attached hydrogen (secondary N) is 1. The van der Waals surface area contributed by atoms with Crippen molar-refractivity contribution in [2.45, 2.75) is 76.7 Å². The summed E-state index contributed by atoms with van der Waals surface area (Å²) < 4.78 is 66.5. The second kappa shape index (κ2) is 23.1. The Morgan fingerprint density at radius 3 is 2.27 bits per heavy atom. The van der Waals surface area contributed by atoms with Crippen LogP contribution in [-0.4, -0.2) is 56.4 Å². The van der Waals surface area contributed by atoms with Crippen LogP contribution in [0.15, 0.2) is 54.1 Å². The molecule has 268 valence electrons. The molecule has 0 saturated heterocycles. The van der Waals surface area contributed by atoms with Crippen LogP contribution in [0.2, 0.25) is 5.02 Å². The molecule has 1 aliphatic heterocycles. The fraction of sp³-hybridized carbons (Fsp3) is 0.486. The maximum atomic E-state index is 15.2. The maximum absolute atomic E-state index is 15.2. The van der Waals surface area contributed by atoms with E-state index in [-0.39, 0.29) is 17.5 Å². The Balaban J connectivity index is 0.000000449. The number of methoxy groups -OCH3 is 1. The molecule has 0 bridgehead atoms. The standard InChI is InChI=1S/C22H19ClF2O2.C7H14.C4H8F2N2O.CH5N.CH3N.W/c1-12-8-9-16(26-2)22(25)19(12)20-14-10-17(13-6-4-3-5-7-13)27-18(14)11-15(24)21(20)23;1-7-5-3-2-4-6-7;5-4(6,1-7)2-8-3-9;2*1-2;/h3-9,11,16-17,22H,10H2,1-2H3;7H,2-6H2,1H3;3H,1-2,7H2,(H,8,9);2H2,1H3;1H,2H2;. The third-order valence-corrected chi connectivity index (χ3v) is 8.19. The number of carbonyl (C=O) groups is 1. The molecule has 2 aliphatic carbocycles. The number of alkyl halides is 3. The number of amides is 1. The van der Waals surface area contributed by atoms with Crippen molar-refractivity contribution in [1.29, 1.82) is 0 Å². The van der Waals surface area contributed by atoms with Crippen LogP contribution in [0.4, 0.5) is 17.6 Å². The first kappa shape index (κ1) is 43.6. The number of fused-ring (bicyclic) bond motifs is 1. The van der Waals surface area contributed by atoms with Crippen LogP contribution >= 0.6 is 11.6 Å². The molecule has 1 saturated carbocycles. The number of hydrogen-bond acceptors (Lipinski definition) is 6.